The van der Waals surface area contributed by atoms with E-state index < -0.39 is 10.0 Å². The molecule has 1 fully saturated rings. The molecule has 0 bridgehead atoms. The van der Waals surface area contributed by atoms with E-state index in [0.29, 0.717) is 25.3 Å². The summed E-state index contributed by atoms with van der Waals surface area (Å²) in [6.07, 6.45) is 5.50. The van der Waals surface area contributed by atoms with Crippen LogP contribution < -0.4 is 5.73 Å². The zero-order valence-corrected chi connectivity index (χ0v) is 11.2. The van der Waals surface area contributed by atoms with Gasteiger partial charge in [-0.15, -0.1) is 0 Å². The van der Waals surface area contributed by atoms with E-state index in [1.807, 2.05) is 0 Å². The van der Waals surface area contributed by atoms with E-state index in [0.717, 1.165) is 25.7 Å². The van der Waals surface area contributed by atoms with Gasteiger partial charge in [0.15, 0.2) is 0 Å². The van der Waals surface area contributed by atoms with Crippen molar-refractivity contribution in [1.82, 2.24) is 9.29 Å². The second-order valence-corrected chi connectivity index (χ2v) is 6.45. The van der Waals surface area contributed by atoms with E-state index in [2.05, 4.69) is 4.98 Å². The van der Waals surface area contributed by atoms with Crippen molar-refractivity contribution in [2.75, 3.05) is 13.1 Å². The summed E-state index contributed by atoms with van der Waals surface area (Å²) in [5.41, 5.74) is 6.15. The van der Waals surface area contributed by atoms with Crippen LogP contribution in [0, 0.1) is 0 Å². The Balaban J connectivity index is 2.22. The Hall–Kier alpha value is -0.980. The largest absolute Gasteiger partial charge is 0.325 e. The molecular weight excluding hydrogens is 250 g/mol. The maximum absolute atomic E-state index is 12.4. The number of pyridine rings is 1. The van der Waals surface area contributed by atoms with Gasteiger partial charge in [-0.3, -0.25) is 4.98 Å². The lowest BCUT2D eigenvalue weighted by Crippen LogP contribution is -2.32. The molecule has 1 saturated heterocycles. The third kappa shape index (κ3) is 2.88. The molecule has 1 aromatic rings. The standard InChI is InChI=1S/C12H19N3O2S/c13-9-11-5-6-12(10-14-11)18(16,17)15-7-3-1-2-4-8-15/h5-6,10H,1-4,7-9,13H2. The van der Waals surface area contributed by atoms with Crippen LogP contribution >= 0.6 is 0 Å². The molecule has 1 aliphatic rings. The van der Waals surface area contributed by atoms with Gasteiger partial charge in [-0.2, -0.15) is 4.31 Å². The highest BCUT2D eigenvalue weighted by atomic mass is 32.2. The molecule has 0 spiro atoms. The van der Waals surface area contributed by atoms with Crippen molar-refractivity contribution in [3.63, 3.8) is 0 Å². The van der Waals surface area contributed by atoms with Gasteiger partial charge in [0.05, 0.1) is 5.69 Å². The Morgan fingerprint density at radius 3 is 2.33 bits per heavy atom. The van der Waals surface area contributed by atoms with Crippen LogP contribution in [0.1, 0.15) is 31.4 Å². The number of rotatable bonds is 3. The van der Waals surface area contributed by atoms with E-state index in [1.54, 1.807) is 16.4 Å². The third-order valence-corrected chi connectivity index (χ3v) is 5.09. The van der Waals surface area contributed by atoms with Crippen LogP contribution in [0.2, 0.25) is 0 Å². The van der Waals surface area contributed by atoms with Crippen LogP contribution in [0.4, 0.5) is 0 Å². The molecule has 18 heavy (non-hydrogen) atoms. The molecule has 0 radical (unpaired) electrons. The molecule has 6 heteroatoms. The smallest absolute Gasteiger partial charge is 0.244 e. The number of sulfonamides is 1. The lowest BCUT2D eigenvalue weighted by atomic mass is 10.2. The highest BCUT2D eigenvalue weighted by Crippen LogP contribution is 2.19. The molecule has 100 valence electrons. The Morgan fingerprint density at radius 1 is 1.17 bits per heavy atom. The predicted octanol–water partition coefficient (Wildman–Crippen LogP) is 1.10. The molecule has 0 amide bonds. The molecular formula is C12H19N3O2S. The van der Waals surface area contributed by atoms with Crippen molar-refractivity contribution < 1.29 is 8.42 Å². The first-order valence-corrected chi connectivity index (χ1v) is 7.74. The lowest BCUT2D eigenvalue weighted by Gasteiger charge is -2.19. The molecule has 1 aromatic heterocycles. The number of nitrogens with zero attached hydrogens (tertiary/aromatic N) is 2. The van der Waals surface area contributed by atoms with Crippen LogP contribution in [0.5, 0.6) is 0 Å². The van der Waals surface area contributed by atoms with E-state index in [-0.39, 0.29) is 4.90 Å². The van der Waals surface area contributed by atoms with Crippen molar-refractivity contribution in [2.24, 2.45) is 5.73 Å². The molecule has 2 N–H and O–H groups in total. The van der Waals surface area contributed by atoms with Gasteiger partial charge in [0.2, 0.25) is 10.0 Å². The van der Waals surface area contributed by atoms with Crippen LogP contribution in [0.3, 0.4) is 0 Å². The molecule has 0 unspecified atom stereocenters. The molecule has 0 atom stereocenters. The minimum Gasteiger partial charge on any atom is -0.325 e. The van der Waals surface area contributed by atoms with Crippen molar-refractivity contribution in [3.8, 4) is 0 Å². The second-order valence-electron chi connectivity index (χ2n) is 4.51. The summed E-state index contributed by atoms with van der Waals surface area (Å²) in [5.74, 6) is 0. The van der Waals surface area contributed by atoms with Crippen LogP contribution in [0.25, 0.3) is 0 Å². The van der Waals surface area contributed by atoms with Gasteiger partial charge >= 0.3 is 0 Å². The molecule has 2 heterocycles. The average molecular weight is 269 g/mol. The van der Waals surface area contributed by atoms with E-state index >= 15 is 0 Å². The summed E-state index contributed by atoms with van der Waals surface area (Å²) in [4.78, 5) is 4.32. The molecule has 2 rings (SSSR count). The highest BCUT2D eigenvalue weighted by molar-refractivity contribution is 7.89. The third-order valence-electron chi connectivity index (χ3n) is 3.21. The summed E-state index contributed by atoms with van der Waals surface area (Å²) in [7, 11) is -3.38. The summed E-state index contributed by atoms with van der Waals surface area (Å²) < 4.78 is 26.4. The Kier molecular flexibility index (Phi) is 4.31. The summed E-state index contributed by atoms with van der Waals surface area (Å²) >= 11 is 0. The molecule has 0 aliphatic carbocycles. The van der Waals surface area contributed by atoms with E-state index in [9.17, 15) is 8.42 Å². The van der Waals surface area contributed by atoms with E-state index in [4.69, 9.17) is 5.73 Å². The van der Waals surface area contributed by atoms with E-state index in [1.165, 1.54) is 6.20 Å². The van der Waals surface area contributed by atoms with Gasteiger partial charge in [-0.25, -0.2) is 8.42 Å². The Bertz CT molecular complexity index is 477. The van der Waals surface area contributed by atoms with Crippen LogP contribution in [0.15, 0.2) is 23.2 Å². The van der Waals surface area contributed by atoms with Crippen molar-refractivity contribution >= 4 is 10.0 Å². The summed E-state index contributed by atoms with van der Waals surface area (Å²) in [5, 5.41) is 0. The maximum Gasteiger partial charge on any atom is 0.244 e. The fourth-order valence-corrected chi connectivity index (χ4v) is 3.58. The van der Waals surface area contributed by atoms with Crippen LogP contribution in [-0.2, 0) is 16.6 Å². The zero-order valence-electron chi connectivity index (χ0n) is 10.4. The van der Waals surface area contributed by atoms with Gasteiger partial charge < -0.3 is 5.73 Å². The number of hydrogen-bond donors (Lipinski definition) is 1. The summed E-state index contributed by atoms with van der Waals surface area (Å²) in [6, 6.07) is 3.26. The van der Waals surface area contributed by atoms with Crippen molar-refractivity contribution in [3.05, 3.63) is 24.0 Å². The van der Waals surface area contributed by atoms with Crippen LogP contribution in [-0.4, -0.2) is 30.8 Å². The fourth-order valence-electron chi connectivity index (χ4n) is 2.12. The average Bonchev–Trinajstić information content (AvgIpc) is 2.68. The fraction of sp³-hybridized carbons (Fsp3) is 0.583. The van der Waals surface area contributed by atoms with Gasteiger partial charge in [0.25, 0.3) is 0 Å². The number of aromatic nitrogens is 1. The topological polar surface area (TPSA) is 76.3 Å². The van der Waals surface area contributed by atoms with Gasteiger partial charge in [0, 0.05) is 25.8 Å². The second kappa shape index (κ2) is 5.77. The molecule has 0 aromatic carbocycles. The Labute approximate surface area is 108 Å². The maximum atomic E-state index is 12.4. The van der Waals surface area contributed by atoms with Gasteiger partial charge in [-0.05, 0) is 25.0 Å². The lowest BCUT2D eigenvalue weighted by molar-refractivity contribution is 0.423. The minimum absolute atomic E-state index is 0.265. The Morgan fingerprint density at radius 2 is 1.83 bits per heavy atom. The molecule has 1 aliphatic heterocycles. The monoisotopic (exact) mass is 269 g/mol. The van der Waals surface area contributed by atoms with Gasteiger partial charge in [-0.1, -0.05) is 12.8 Å². The quantitative estimate of drug-likeness (QED) is 0.891. The first-order valence-electron chi connectivity index (χ1n) is 6.30. The first kappa shape index (κ1) is 13.5. The van der Waals surface area contributed by atoms with Crippen molar-refractivity contribution in [2.45, 2.75) is 37.1 Å². The normalized spacial score (nSPS) is 18.5. The zero-order chi connectivity index (χ0) is 13.0. The number of hydrogen-bond acceptors (Lipinski definition) is 4. The predicted molar refractivity (Wildman–Crippen MR) is 69.4 cm³/mol. The number of nitrogens with two attached hydrogens (primary N) is 1. The molecule has 0 saturated carbocycles. The van der Waals surface area contributed by atoms with Gasteiger partial charge in [0.1, 0.15) is 4.90 Å². The SMILES string of the molecule is NCc1ccc(S(=O)(=O)N2CCCCCC2)cn1. The minimum atomic E-state index is -3.38. The van der Waals surface area contributed by atoms with Crippen molar-refractivity contribution in [1.29, 1.82) is 0 Å². The summed E-state index contributed by atoms with van der Waals surface area (Å²) in [6.45, 7) is 1.55. The first-order chi connectivity index (χ1) is 8.64. The molecule has 5 nitrogen and oxygen atoms in total. The highest BCUT2D eigenvalue weighted by Gasteiger charge is 2.25.